The molecule has 0 atom stereocenters. The molecule has 2 aliphatic heterocycles. The van der Waals surface area contributed by atoms with E-state index >= 15 is 0 Å². The van der Waals surface area contributed by atoms with E-state index in [9.17, 15) is 9.59 Å². The van der Waals surface area contributed by atoms with Gasteiger partial charge in [0.15, 0.2) is 0 Å². The number of urea groups is 1. The first-order valence-electron chi connectivity index (χ1n) is 12.6. The molecule has 2 heterocycles. The molecule has 0 saturated carbocycles. The number of hydrogen-bond donors (Lipinski definition) is 0. The van der Waals surface area contributed by atoms with Gasteiger partial charge in [-0.2, -0.15) is 0 Å². The highest BCUT2D eigenvalue weighted by Crippen LogP contribution is 2.50. The minimum atomic E-state index is -0.804. The molecule has 34 heavy (non-hydrogen) atoms. The van der Waals surface area contributed by atoms with Crippen molar-refractivity contribution >= 4 is 11.9 Å². The number of hydrogen-bond acceptors (Lipinski definition) is 3. The Morgan fingerprint density at radius 1 is 0.765 bits per heavy atom. The van der Waals surface area contributed by atoms with Crippen LogP contribution in [-0.4, -0.2) is 49.8 Å². The zero-order valence-electron chi connectivity index (χ0n) is 21.4. The fourth-order valence-corrected chi connectivity index (χ4v) is 6.35. The second-order valence-corrected chi connectivity index (χ2v) is 11.2. The minimum absolute atomic E-state index is 0.0297. The maximum atomic E-state index is 14.2. The standard InChI is InChI=1S/C29H39N3O2/c1-6-7-18-31-26(34)30(19-23-14-10-8-11-15-23)25(33)29(31)21-27(2,3)32(28(4,5)22-29)20-24-16-12-9-13-17-24/h8-17H,6-7,18-22H2,1-5H3. The van der Waals surface area contributed by atoms with Gasteiger partial charge in [-0.15, -0.1) is 0 Å². The van der Waals surface area contributed by atoms with Gasteiger partial charge in [-0.3, -0.25) is 14.6 Å². The minimum Gasteiger partial charge on any atom is -0.309 e. The summed E-state index contributed by atoms with van der Waals surface area (Å²) in [5.74, 6) is -0.0297. The van der Waals surface area contributed by atoms with Crippen molar-refractivity contribution in [2.24, 2.45) is 0 Å². The number of likely N-dealkylation sites (tertiary alicyclic amines) is 1. The normalized spacial score (nSPS) is 21.4. The van der Waals surface area contributed by atoms with Crippen molar-refractivity contribution in [1.29, 1.82) is 0 Å². The maximum Gasteiger partial charge on any atom is 0.327 e. The number of benzene rings is 2. The molecule has 1 spiro atoms. The highest BCUT2D eigenvalue weighted by atomic mass is 16.2. The number of rotatable bonds is 7. The Morgan fingerprint density at radius 3 is 1.76 bits per heavy atom. The van der Waals surface area contributed by atoms with Crippen LogP contribution >= 0.6 is 0 Å². The second kappa shape index (κ2) is 9.18. The highest BCUT2D eigenvalue weighted by molar-refractivity contribution is 6.07. The number of carbonyl (C=O) groups excluding carboxylic acids is 2. The average Bonchev–Trinajstić information content (AvgIpc) is 2.96. The number of imide groups is 1. The molecule has 0 radical (unpaired) electrons. The largest absolute Gasteiger partial charge is 0.327 e. The molecule has 2 aliphatic rings. The molecular formula is C29H39N3O2. The SMILES string of the molecule is CCCCN1C(=O)N(Cc2ccccc2)C(=O)C12CC(C)(C)N(Cc1ccccc1)C(C)(C)C2. The molecule has 5 nitrogen and oxygen atoms in total. The van der Waals surface area contributed by atoms with E-state index in [1.54, 1.807) is 0 Å². The summed E-state index contributed by atoms with van der Waals surface area (Å²) in [5.41, 5.74) is 0.918. The van der Waals surface area contributed by atoms with Gasteiger partial charge in [-0.25, -0.2) is 4.79 Å². The first-order valence-corrected chi connectivity index (χ1v) is 12.6. The van der Waals surface area contributed by atoms with E-state index in [0.717, 1.165) is 24.9 Å². The Balaban J connectivity index is 1.69. The molecule has 2 saturated heterocycles. The van der Waals surface area contributed by atoms with Crippen molar-refractivity contribution in [2.45, 2.75) is 90.0 Å². The van der Waals surface area contributed by atoms with Crippen molar-refractivity contribution in [3.63, 3.8) is 0 Å². The summed E-state index contributed by atoms with van der Waals surface area (Å²) in [4.78, 5) is 33.8. The van der Waals surface area contributed by atoms with Gasteiger partial charge in [0.05, 0.1) is 6.54 Å². The van der Waals surface area contributed by atoms with Gasteiger partial charge in [0.2, 0.25) is 0 Å². The van der Waals surface area contributed by atoms with Gasteiger partial charge >= 0.3 is 6.03 Å². The van der Waals surface area contributed by atoms with Crippen LogP contribution in [0.15, 0.2) is 60.7 Å². The fourth-order valence-electron chi connectivity index (χ4n) is 6.35. The van der Waals surface area contributed by atoms with E-state index in [4.69, 9.17) is 0 Å². The summed E-state index contributed by atoms with van der Waals surface area (Å²) in [7, 11) is 0. The first-order chi connectivity index (χ1) is 16.1. The number of unbranched alkanes of at least 4 members (excludes halogenated alkanes) is 1. The Morgan fingerprint density at radius 2 is 1.26 bits per heavy atom. The lowest BCUT2D eigenvalue weighted by Crippen LogP contribution is -2.69. The Kier molecular flexibility index (Phi) is 6.61. The maximum absolute atomic E-state index is 14.2. The van der Waals surface area contributed by atoms with E-state index in [-0.39, 0.29) is 23.0 Å². The molecule has 182 valence electrons. The van der Waals surface area contributed by atoms with Crippen LogP contribution in [0.2, 0.25) is 0 Å². The molecule has 2 aromatic carbocycles. The van der Waals surface area contributed by atoms with Crippen molar-refractivity contribution in [1.82, 2.24) is 14.7 Å². The van der Waals surface area contributed by atoms with Gasteiger partial charge in [0, 0.05) is 24.2 Å². The van der Waals surface area contributed by atoms with Crippen LogP contribution in [-0.2, 0) is 17.9 Å². The molecule has 4 rings (SSSR count). The molecule has 2 fully saturated rings. The summed E-state index contributed by atoms with van der Waals surface area (Å²) >= 11 is 0. The second-order valence-electron chi connectivity index (χ2n) is 11.2. The van der Waals surface area contributed by atoms with Crippen LogP contribution in [0.3, 0.4) is 0 Å². The van der Waals surface area contributed by atoms with E-state index in [0.29, 0.717) is 25.9 Å². The van der Waals surface area contributed by atoms with Gasteiger partial charge in [0.1, 0.15) is 5.54 Å². The summed E-state index contributed by atoms with van der Waals surface area (Å²) in [5, 5.41) is 0. The predicted octanol–water partition coefficient (Wildman–Crippen LogP) is 5.84. The van der Waals surface area contributed by atoms with Crippen LogP contribution in [0.4, 0.5) is 4.79 Å². The van der Waals surface area contributed by atoms with Gasteiger partial charge in [0.25, 0.3) is 5.91 Å². The third kappa shape index (κ3) is 4.38. The van der Waals surface area contributed by atoms with E-state index in [1.807, 2.05) is 41.3 Å². The zero-order valence-corrected chi connectivity index (χ0v) is 21.4. The predicted molar refractivity (Wildman–Crippen MR) is 136 cm³/mol. The molecule has 3 amide bonds. The Bertz CT molecular complexity index is 998. The molecule has 0 unspecified atom stereocenters. The quantitative estimate of drug-likeness (QED) is 0.486. The van der Waals surface area contributed by atoms with Gasteiger partial charge in [-0.1, -0.05) is 74.0 Å². The first kappa shape index (κ1) is 24.5. The zero-order chi connectivity index (χ0) is 24.6. The van der Waals surface area contributed by atoms with Crippen LogP contribution in [0.1, 0.15) is 71.4 Å². The molecule has 0 aromatic heterocycles. The molecule has 0 aliphatic carbocycles. The summed E-state index contributed by atoms with van der Waals surface area (Å²) in [6, 6.07) is 20.2. The number of nitrogens with zero attached hydrogens (tertiary/aromatic N) is 3. The third-order valence-corrected chi connectivity index (χ3v) is 7.64. The number of piperidine rings is 1. The van der Waals surface area contributed by atoms with E-state index in [2.05, 4.69) is 63.8 Å². The lowest BCUT2D eigenvalue weighted by molar-refractivity contribution is -0.148. The van der Waals surface area contributed by atoms with Crippen LogP contribution in [0.25, 0.3) is 0 Å². The number of amides is 3. The molecule has 0 N–H and O–H groups in total. The molecule has 5 heteroatoms. The Hall–Kier alpha value is -2.66. The third-order valence-electron chi connectivity index (χ3n) is 7.64. The summed E-state index contributed by atoms with van der Waals surface area (Å²) < 4.78 is 0. The number of carbonyl (C=O) groups is 2. The van der Waals surface area contributed by atoms with Crippen molar-refractivity contribution in [3.05, 3.63) is 71.8 Å². The monoisotopic (exact) mass is 461 g/mol. The molecular weight excluding hydrogens is 422 g/mol. The summed E-state index contributed by atoms with van der Waals surface area (Å²) in [6.07, 6.45) is 3.15. The Labute approximate surface area is 204 Å². The van der Waals surface area contributed by atoms with E-state index in [1.165, 1.54) is 10.5 Å². The highest BCUT2D eigenvalue weighted by Gasteiger charge is 2.64. The lowest BCUT2D eigenvalue weighted by atomic mass is 9.68. The van der Waals surface area contributed by atoms with Gasteiger partial charge in [-0.05, 0) is 58.1 Å². The van der Waals surface area contributed by atoms with Crippen molar-refractivity contribution in [2.75, 3.05) is 6.54 Å². The van der Waals surface area contributed by atoms with Crippen LogP contribution in [0, 0.1) is 0 Å². The fraction of sp³-hybridized carbons (Fsp3) is 0.517. The van der Waals surface area contributed by atoms with Crippen molar-refractivity contribution < 1.29 is 9.59 Å². The smallest absolute Gasteiger partial charge is 0.309 e. The molecule has 2 aromatic rings. The molecule has 0 bridgehead atoms. The topological polar surface area (TPSA) is 43.9 Å². The average molecular weight is 462 g/mol. The summed E-state index contributed by atoms with van der Waals surface area (Å²) in [6.45, 7) is 12.8. The van der Waals surface area contributed by atoms with Crippen LogP contribution < -0.4 is 0 Å². The van der Waals surface area contributed by atoms with Crippen LogP contribution in [0.5, 0.6) is 0 Å². The van der Waals surface area contributed by atoms with Crippen molar-refractivity contribution in [3.8, 4) is 0 Å². The lowest BCUT2D eigenvalue weighted by Gasteiger charge is -2.59. The van der Waals surface area contributed by atoms with Gasteiger partial charge < -0.3 is 4.90 Å². The van der Waals surface area contributed by atoms with E-state index < -0.39 is 5.54 Å².